The van der Waals surface area contributed by atoms with Gasteiger partial charge in [0.2, 0.25) is 0 Å². The fourth-order valence-electron chi connectivity index (χ4n) is 1.65. The number of hydrogen-bond acceptors (Lipinski definition) is 4. The van der Waals surface area contributed by atoms with Crippen LogP contribution in [0.4, 0.5) is 0 Å². The Morgan fingerprint density at radius 3 is 2.24 bits per heavy atom. The summed E-state index contributed by atoms with van der Waals surface area (Å²) in [6.45, 7) is 7.70. The highest BCUT2D eigenvalue weighted by Gasteiger charge is 2.36. The highest BCUT2D eigenvalue weighted by Crippen LogP contribution is 2.30. The number of aliphatic hydroxyl groups excluding tert-OH is 2. The van der Waals surface area contributed by atoms with Gasteiger partial charge < -0.3 is 19.7 Å². The fourth-order valence-corrected chi connectivity index (χ4v) is 1.65. The Balaban J connectivity index is 4.44. The molecule has 0 fully saturated rings. The molecule has 17 heavy (non-hydrogen) atoms. The van der Waals surface area contributed by atoms with Crippen LogP contribution in [0.15, 0.2) is 12.7 Å². The largest absolute Gasteiger partial charge is 0.392 e. The normalized spacial score (nSPS) is 17.5. The van der Waals surface area contributed by atoms with Crippen LogP contribution in [0.1, 0.15) is 26.7 Å². The number of methoxy groups -OCH3 is 2. The molecule has 0 saturated heterocycles. The molecule has 0 amide bonds. The predicted molar refractivity (Wildman–Crippen MR) is 67.9 cm³/mol. The third-order valence-electron chi connectivity index (χ3n) is 3.28. The third kappa shape index (κ3) is 5.17. The molecule has 0 unspecified atom stereocenters. The van der Waals surface area contributed by atoms with E-state index >= 15 is 0 Å². The maximum Gasteiger partial charge on any atom is 0.0829 e. The van der Waals surface area contributed by atoms with Gasteiger partial charge in [0.25, 0.3) is 0 Å². The van der Waals surface area contributed by atoms with E-state index in [1.54, 1.807) is 20.3 Å². The van der Waals surface area contributed by atoms with E-state index in [2.05, 4.69) is 6.58 Å². The Labute approximate surface area is 104 Å². The minimum Gasteiger partial charge on any atom is -0.392 e. The van der Waals surface area contributed by atoms with E-state index in [4.69, 9.17) is 9.47 Å². The zero-order valence-electron chi connectivity index (χ0n) is 11.3. The molecule has 0 aromatic carbocycles. The first kappa shape index (κ1) is 16.6. The van der Waals surface area contributed by atoms with Crippen LogP contribution >= 0.6 is 0 Å². The first-order chi connectivity index (χ1) is 7.89. The van der Waals surface area contributed by atoms with E-state index in [1.807, 2.05) is 13.8 Å². The summed E-state index contributed by atoms with van der Waals surface area (Å²) in [5.41, 5.74) is -0.599. The molecule has 0 radical (unpaired) electrons. The van der Waals surface area contributed by atoms with Crippen molar-refractivity contribution >= 4 is 0 Å². The van der Waals surface area contributed by atoms with Crippen LogP contribution in [0.3, 0.4) is 0 Å². The average Bonchev–Trinajstić information content (AvgIpc) is 2.28. The van der Waals surface area contributed by atoms with E-state index < -0.39 is 17.6 Å². The molecule has 0 aliphatic carbocycles. The molecular formula is C13H26O4. The van der Waals surface area contributed by atoms with Crippen molar-refractivity contribution in [2.45, 2.75) is 45.0 Å². The maximum atomic E-state index is 10.2. The predicted octanol–water partition coefficient (Wildman–Crippen LogP) is 1.36. The van der Waals surface area contributed by atoms with Crippen LogP contribution < -0.4 is 0 Å². The van der Waals surface area contributed by atoms with E-state index in [1.165, 1.54) is 0 Å². The van der Waals surface area contributed by atoms with Crippen LogP contribution in [-0.2, 0) is 9.47 Å². The average molecular weight is 246 g/mol. The standard InChI is InChI=1S/C13H26O4/c1-6-7-11(14)13(2,3)12(15)8-10(17-5)9-16-4/h6,10-12,14-15H,1,7-9H2,2-5H3/t10-,11-,12-/m1/s1. The summed E-state index contributed by atoms with van der Waals surface area (Å²) in [6, 6.07) is 0. The molecule has 0 bridgehead atoms. The van der Waals surface area contributed by atoms with Gasteiger partial charge in [0, 0.05) is 26.1 Å². The Morgan fingerprint density at radius 2 is 1.82 bits per heavy atom. The van der Waals surface area contributed by atoms with Crippen molar-refractivity contribution in [1.29, 1.82) is 0 Å². The molecule has 0 heterocycles. The Morgan fingerprint density at radius 1 is 1.24 bits per heavy atom. The smallest absolute Gasteiger partial charge is 0.0829 e. The number of rotatable bonds is 9. The number of ether oxygens (including phenoxy) is 2. The molecule has 4 heteroatoms. The molecule has 0 rings (SSSR count). The Bertz CT molecular complexity index is 215. The van der Waals surface area contributed by atoms with Crippen molar-refractivity contribution in [2.75, 3.05) is 20.8 Å². The monoisotopic (exact) mass is 246 g/mol. The van der Waals surface area contributed by atoms with Crippen molar-refractivity contribution < 1.29 is 19.7 Å². The van der Waals surface area contributed by atoms with Crippen molar-refractivity contribution in [3.8, 4) is 0 Å². The van der Waals surface area contributed by atoms with Crippen LogP contribution in [0.25, 0.3) is 0 Å². The Hall–Kier alpha value is -0.420. The molecule has 0 spiro atoms. The van der Waals surface area contributed by atoms with Crippen LogP contribution in [0, 0.1) is 5.41 Å². The minimum atomic E-state index is -0.655. The SMILES string of the molecule is C=CC[C@@H](O)C(C)(C)[C@H](O)C[C@H](COC)OC. The summed E-state index contributed by atoms with van der Waals surface area (Å²) in [7, 11) is 3.18. The molecule has 0 saturated carbocycles. The van der Waals surface area contributed by atoms with Gasteiger partial charge in [-0.15, -0.1) is 6.58 Å². The molecule has 0 aromatic rings. The van der Waals surface area contributed by atoms with E-state index in [9.17, 15) is 10.2 Å². The molecule has 0 aromatic heterocycles. The van der Waals surface area contributed by atoms with Gasteiger partial charge >= 0.3 is 0 Å². The second-order valence-electron chi connectivity index (χ2n) is 4.93. The van der Waals surface area contributed by atoms with Crippen LogP contribution in [0.2, 0.25) is 0 Å². The van der Waals surface area contributed by atoms with Gasteiger partial charge in [-0.2, -0.15) is 0 Å². The number of hydrogen-bond donors (Lipinski definition) is 2. The second-order valence-corrected chi connectivity index (χ2v) is 4.93. The molecule has 102 valence electrons. The van der Waals surface area contributed by atoms with Gasteiger partial charge in [0.05, 0.1) is 24.9 Å². The summed E-state index contributed by atoms with van der Waals surface area (Å²) in [4.78, 5) is 0. The van der Waals surface area contributed by atoms with Crippen molar-refractivity contribution in [2.24, 2.45) is 5.41 Å². The number of aliphatic hydroxyl groups is 2. The third-order valence-corrected chi connectivity index (χ3v) is 3.28. The quantitative estimate of drug-likeness (QED) is 0.603. The molecule has 4 nitrogen and oxygen atoms in total. The molecule has 2 N–H and O–H groups in total. The second kappa shape index (κ2) is 7.82. The van der Waals surface area contributed by atoms with Gasteiger partial charge in [0.15, 0.2) is 0 Å². The van der Waals surface area contributed by atoms with Gasteiger partial charge in [-0.1, -0.05) is 19.9 Å². The zero-order chi connectivity index (χ0) is 13.5. The van der Waals surface area contributed by atoms with E-state index in [0.717, 1.165) is 0 Å². The summed E-state index contributed by atoms with van der Waals surface area (Å²) in [5.74, 6) is 0. The summed E-state index contributed by atoms with van der Waals surface area (Å²) < 4.78 is 10.2. The summed E-state index contributed by atoms with van der Waals surface area (Å²) in [5, 5.41) is 20.1. The van der Waals surface area contributed by atoms with Crippen molar-refractivity contribution in [3.05, 3.63) is 12.7 Å². The molecule has 3 atom stereocenters. The van der Waals surface area contributed by atoms with Crippen molar-refractivity contribution in [1.82, 2.24) is 0 Å². The van der Waals surface area contributed by atoms with Crippen molar-refractivity contribution in [3.63, 3.8) is 0 Å². The fraction of sp³-hybridized carbons (Fsp3) is 0.846. The topological polar surface area (TPSA) is 58.9 Å². The lowest BCUT2D eigenvalue weighted by Gasteiger charge is -2.36. The van der Waals surface area contributed by atoms with Crippen LogP contribution in [0.5, 0.6) is 0 Å². The first-order valence-corrected chi connectivity index (χ1v) is 5.88. The van der Waals surface area contributed by atoms with E-state index in [-0.39, 0.29) is 6.10 Å². The van der Waals surface area contributed by atoms with E-state index in [0.29, 0.717) is 19.4 Å². The first-order valence-electron chi connectivity index (χ1n) is 5.88. The van der Waals surface area contributed by atoms with Gasteiger partial charge in [0.1, 0.15) is 0 Å². The lowest BCUT2D eigenvalue weighted by Crippen LogP contribution is -2.42. The highest BCUT2D eigenvalue weighted by atomic mass is 16.5. The zero-order valence-corrected chi connectivity index (χ0v) is 11.3. The summed E-state index contributed by atoms with van der Waals surface area (Å²) in [6.07, 6.45) is 1.12. The minimum absolute atomic E-state index is 0.162. The molecular weight excluding hydrogens is 220 g/mol. The molecule has 0 aliphatic rings. The molecule has 0 aliphatic heterocycles. The Kier molecular flexibility index (Phi) is 7.63. The van der Waals surface area contributed by atoms with Gasteiger partial charge in [-0.05, 0) is 6.42 Å². The summed E-state index contributed by atoms with van der Waals surface area (Å²) >= 11 is 0. The highest BCUT2D eigenvalue weighted by molar-refractivity contribution is 4.89. The van der Waals surface area contributed by atoms with Crippen LogP contribution in [-0.4, -0.2) is 49.4 Å². The van der Waals surface area contributed by atoms with Gasteiger partial charge in [-0.3, -0.25) is 0 Å². The lowest BCUT2D eigenvalue weighted by atomic mass is 9.77. The lowest BCUT2D eigenvalue weighted by molar-refractivity contribution is -0.0786. The van der Waals surface area contributed by atoms with Gasteiger partial charge in [-0.25, -0.2) is 0 Å². The maximum absolute atomic E-state index is 10.2.